The summed E-state index contributed by atoms with van der Waals surface area (Å²) in [5, 5.41) is 1.63. The van der Waals surface area contributed by atoms with E-state index in [1.807, 2.05) is 6.92 Å². The first-order valence-electron chi connectivity index (χ1n) is 12.4. The molecule has 0 aliphatic carbocycles. The van der Waals surface area contributed by atoms with Crippen LogP contribution in [-0.2, 0) is 19.1 Å². The SMILES string of the molecule is CCCCOC(=O)c1ccc(NC(=O)COC(=O)[C@H](CC(C)C)N2C(=O)c3c(Cl)c(Cl)c(Cl)c(Cl)c3C2=O)cc1. The van der Waals surface area contributed by atoms with Gasteiger partial charge in [0.15, 0.2) is 6.61 Å². The minimum atomic E-state index is -1.37. The van der Waals surface area contributed by atoms with E-state index in [9.17, 15) is 24.0 Å². The number of nitrogens with zero attached hydrogens (tertiary/aromatic N) is 1. The highest BCUT2D eigenvalue weighted by atomic mass is 35.5. The second-order valence-electron chi connectivity index (χ2n) is 9.35. The third-order valence-corrected chi connectivity index (χ3v) is 7.69. The fraction of sp³-hybridized carbons (Fsp3) is 0.370. The third-order valence-electron chi connectivity index (χ3n) is 5.89. The number of halogens is 4. The van der Waals surface area contributed by atoms with Crippen LogP contribution in [0.25, 0.3) is 0 Å². The number of amides is 3. The molecule has 0 radical (unpaired) electrons. The molecule has 0 saturated carbocycles. The quantitative estimate of drug-likeness (QED) is 0.0995. The minimum absolute atomic E-state index is 0.0401. The molecule has 13 heteroatoms. The zero-order valence-electron chi connectivity index (χ0n) is 21.8. The first-order valence-corrected chi connectivity index (χ1v) is 13.9. The predicted molar refractivity (Wildman–Crippen MR) is 151 cm³/mol. The van der Waals surface area contributed by atoms with Crippen LogP contribution in [0.15, 0.2) is 24.3 Å². The number of rotatable bonds is 11. The van der Waals surface area contributed by atoms with E-state index >= 15 is 0 Å². The molecule has 9 nitrogen and oxygen atoms in total. The largest absolute Gasteiger partial charge is 0.462 e. The van der Waals surface area contributed by atoms with Crippen LogP contribution in [0.2, 0.25) is 20.1 Å². The zero-order valence-corrected chi connectivity index (χ0v) is 24.8. The number of ether oxygens (including phenoxy) is 2. The van der Waals surface area contributed by atoms with E-state index in [1.165, 1.54) is 24.3 Å². The molecule has 0 fully saturated rings. The van der Waals surface area contributed by atoms with Crippen molar-refractivity contribution in [2.24, 2.45) is 5.92 Å². The lowest BCUT2D eigenvalue weighted by Gasteiger charge is -2.26. The maximum Gasteiger partial charge on any atom is 0.338 e. The van der Waals surface area contributed by atoms with Gasteiger partial charge in [-0.25, -0.2) is 9.59 Å². The van der Waals surface area contributed by atoms with Gasteiger partial charge in [0.2, 0.25) is 0 Å². The lowest BCUT2D eigenvalue weighted by atomic mass is 10.0. The van der Waals surface area contributed by atoms with E-state index in [4.69, 9.17) is 55.9 Å². The molecule has 3 amide bonds. The van der Waals surface area contributed by atoms with Gasteiger partial charge in [-0.05, 0) is 43.0 Å². The van der Waals surface area contributed by atoms with Gasteiger partial charge < -0.3 is 14.8 Å². The Morgan fingerprint density at radius 1 is 0.875 bits per heavy atom. The summed E-state index contributed by atoms with van der Waals surface area (Å²) < 4.78 is 10.3. The summed E-state index contributed by atoms with van der Waals surface area (Å²) in [6.07, 6.45) is 1.69. The molecule has 0 saturated heterocycles. The van der Waals surface area contributed by atoms with Crippen molar-refractivity contribution in [2.75, 3.05) is 18.5 Å². The molecule has 1 aliphatic heterocycles. The molecular weight excluding hydrogens is 606 g/mol. The van der Waals surface area contributed by atoms with Crippen molar-refractivity contribution < 1.29 is 33.4 Å². The smallest absolute Gasteiger partial charge is 0.338 e. The standard InChI is InChI=1S/C27H26Cl4N2O7/c1-4-5-10-39-26(37)14-6-8-15(9-7-14)32-17(34)12-40-27(38)16(11-13(2)3)33-24(35)18-19(25(33)36)21(29)23(31)22(30)20(18)28/h6-9,13,16H,4-5,10-12H2,1-3H3,(H,32,34)/t16-/m0/s1. The Morgan fingerprint density at radius 3 is 1.93 bits per heavy atom. The predicted octanol–water partition coefficient (Wildman–Crippen LogP) is 6.45. The van der Waals surface area contributed by atoms with Crippen molar-refractivity contribution in [3.63, 3.8) is 0 Å². The first-order chi connectivity index (χ1) is 18.9. The van der Waals surface area contributed by atoms with Crippen molar-refractivity contribution in [3.05, 3.63) is 61.0 Å². The Morgan fingerprint density at radius 2 is 1.43 bits per heavy atom. The fourth-order valence-corrected chi connectivity index (χ4v) is 4.93. The normalized spacial score (nSPS) is 13.3. The topological polar surface area (TPSA) is 119 Å². The lowest BCUT2D eigenvalue weighted by Crippen LogP contribution is -2.47. The summed E-state index contributed by atoms with van der Waals surface area (Å²) in [6, 6.07) is 4.61. The van der Waals surface area contributed by atoms with Gasteiger partial charge in [-0.15, -0.1) is 0 Å². The van der Waals surface area contributed by atoms with Crippen molar-refractivity contribution >= 4 is 81.8 Å². The van der Waals surface area contributed by atoms with E-state index in [2.05, 4.69) is 5.32 Å². The molecule has 0 unspecified atom stereocenters. The summed E-state index contributed by atoms with van der Waals surface area (Å²) in [6.45, 7) is 5.16. The maximum atomic E-state index is 13.2. The fourth-order valence-electron chi connectivity index (χ4n) is 3.92. The summed E-state index contributed by atoms with van der Waals surface area (Å²) in [4.78, 5) is 64.7. The number of carbonyl (C=O) groups is 5. The van der Waals surface area contributed by atoms with E-state index in [0.29, 0.717) is 22.8 Å². The molecule has 0 spiro atoms. The highest BCUT2D eigenvalue weighted by Crippen LogP contribution is 2.45. The Kier molecular flexibility index (Phi) is 10.8. The molecule has 0 aromatic heterocycles. The monoisotopic (exact) mass is 630 g/mol. The summed E-state index contributed by atoms with van der Waals surface area (Å²) in [5.74, 6) is -4.05. The van der Waals surface area contributed by atoms with Gasteiger partial charge in [-0.2, -0.15) is 0 Å². The number of carbonyl (C=O) groups excluding carboxylic acids is 5. The van der Waals surface area contributed by atoms with Crippen LogP contribution in [-0.4, -0.2) is 53.8 Å². The second-order valence-corrected chi connectivity index (χ2v) is 10.9. The Bertz CT molecular complexity index is 1300. The molecule has 40 heavy (non-hydrogen) atoms. The Labute approximate surface area is 251 Å². The summed E-state index contributed by atoms with van der Waals surface area (Å²) in [5.41, 5.74) is 0.148. The van der Waals surface area contributed by atoms with Crippen LogP contribution < -0.4 is 5.32 Å². The van der Waals surface area contributed by atoms with Crippen molar-refractivity contribution in [1.29, 1.82) is 0 Å². The van der Waals surface area contributed by atoms with E-state index in [-0.39, 0.29) is 43.6 Å². The molecule has 2 aromatic carbocycles. The first kappa shape index (κ1) is 31.7. The number of esters is 2. The molecule has 1 aliphatic rings. The highest BCUT2D eigenvalue weighted by molar-refractivity contribution is 6.55. The molecule has 2 aromatic rings. The van der Waals surface area contributed by atoms with Gasteiger partial charge in [0, 0.05) is 5.69 Å². The van der Waals surface area contributed by atoms with Gasteiger partial charge in [0.05, 0.1) is 43.4 Å². The van der Waals surface area contributed by atoms with Gasteiger partial charge in [0.1, 0.15) is 6.04 Å². The number of benzene rings is 2. The van der Waals surface area contributed by atoms with Crippen LogP contribution in [0.3, 0.4) is 0 Å². The third kappa shape index (κ3) is 6.89. The molecule has 1 atom stereocenters. The van der Waals surface area contributed by atoms with Gasteiger partial charge in [0.25, 0.3) is 17.7 Å². The lowest BCUT2D eigenvalue weighted by molar-refractivity contribution is -0.151. The zero-order chi connectivity index (χ0) is 29.7. The highest BCUT2D eigenvalue weighted by Gasteiger charge is 2.47. The van der Waals surface area contributed by atoms with Crippen molar-refractivity contribution in [1.82, 2.24) is 4.90 Å². The van der Waals surface area contributed by atoms with E-state index in [0.717, 1.165) is 12.8 Å². The number of nitrogens with one attached hydrogen (secondary N) is 1. The number of anilines is 1. The van der Waals surface area contributed by atoms with Gasteiger partial charge >= 0.3 is 11.9 Å². The van der Waals surface area contributed by atoms with Crippen molar-refractivity contribution in [3.8, 4) is 0 Å². The number of unbranched alkanes of at least 4 members (excludes halogenated alkanes) is 1. The average Bonchev–Trinajstić information content (AvgIpc) is 3.17. The van der Waals surface area contributed by atoms with Crippen LogP contribution >= 0.6 is 46.4 Å². The van der Waals surface area contributed by atoms with Gasteiger partial charge in [-0.3, -0.25) is 19.3 Å². The molecule has 1 N–H and O–H groups in total. The van der Waals surface area contributed by atoms with Crippen LogP contribution in [0.4, 0.5) is 5.69 Å². The number of hydrogen-bond acceptors (Lipinski definition) is 7. The van der Waals surface area contributed by atoms with Crippen molar-refractivity contribution in [2.45, 2.75) is 46.1 Å². The van der Waals surface area contributed by atoms with Crippen LogP contribution in [0.5, 0.6) is 0 Å². The van der Waals surface area contributed by atoms with Gasteiger partial charge in [-0.1, -0.05) is 73.6 Å². The molecule has 3 rings (SSSR count). The van der Waals surface area contributed by atoms with E-state index in [1.54, 1.807) is 13.8 Å². The Hall–Kier alpha value is -2.85. The summed E-state index contributed by atoms with van der Waals surface area (Å²) >= 11 is 24.5. The number of hydrogen-bond donors (Lipinski definition) is 1. The summed E-state index contributed by atoms with van der Waals surface area (Å²) in [7, 11) is 0. The van der Waals surface area contributed by atoms with Crippen LogP contribution in [0.1, 0.15) is 71.1 Å². The second kappa shape index (κ2) is 13.7. The minimum Gasteiger partial charge on any atom is -0.462 e. The maximum absolute atomic E-state index is 13.2. The van der Waals surface area contributed by atoms with E-state index < -0.39 is 42.3 Å². The average molecular weight is 632 g/mol. The van der Waals surface area contributed by atoms with Crippen LogP contribution in [0, 0.1) is 5.92 Å². The number of fused-ring (bicyclic) bond motifs is 1. The molecule has 0 bridgehead atoms. The molecular formula is C27H26Cl4N2O7. The molecule has 1 heterocycles. The molecule has 214 valence electrons. The number of imide groups is 1. The Balaban J connectivity index is 1.69.